The monoisotopic (exact) mass is 191 g/mol. The summed E-state index contributed by atoms with van der Waals surface area (Å²) in [5.41, 5.74) is 0. The van der Waals surface area contributed by atoms with E-state index in [1.54, 1.807) is 0 Å². The molecule has 0 bridgehead atoms. The van der Waals surface area contributed by atoms with Crippen LogP contribution in [0, 0.1) is 0 Å². The highest BCUT2D eigenvalue weighted by molar-refractivity contribution is 4.88. The summed E-state index contributed by atoms with van der Waals surface area (Å²) in [6.07, 6.45) is -1.80. The van der Waals surface area contributed by atoms with Gasteiger partial charge in [0.1, 0.15) is 12.2 Å². The first-order valence-electron chi connectivity index (χ1n) is 4.55. The number of nitrogens with one attached hydrogen (secondary N) is 1. The molecule has 1 aliphatic heterocycles. The van der Waals surface area contributed by atoms with Crippen LogP contribution < -0.4 is 5.32 Å². The molecule has 1 fully saturated rings. The van der Waals surface area contributed by atoms with Crippen LogP contribution in [0.3, 0.4) is 0 Å². The van der Waals surface area contributed by atoms with E-state index in [1.807, 2.05) is 0 Å². The Kier molecular flexibility index (Phi) is 4.08. The van der Waals surface area contributed by atoms with Gasteiger partial charge in [-0.15, -0.1) is 0 Å². The zero-order chi connectivity index (χ0) is 9.84. The standard InChI is InChI=1S/C8H17NO4/c10-4-6(11)8(13)7(12)5-2-1-3-9-5/h5-13H,1-4H2/t5?,6-,7+,8+/m0/s1. The molecule has 0 aromatic heterocycles. The summed E-state index contributed by atoms with van der Waals surface area (Å²) >= 11 is 0. The maximum Gasteiger partial charge on any atom is 0.109 e. The van der Waals surface area contributed by atoms with E-state index < -0.39 is 24.9 Å². The third kappa shape index (κ3) is 2.62. The van der Waals surface area contributed by atoms with Crippen LogP contribution in [0.5, 0.6) is 0 Å². The Bertz CT molecular complexity index is 149. The lowest BCUT2D eigenvalue weighted by molar-refractivity contribution is -0.0851. The van der Waals surface area contributed by atoms with Crippen LogP contribution in [0.4, 0.5) is 0 Å². The molecule has 0 amide bonds. The molecule has 0 aromatic carbocycles. The van der Waals surface area contributed by atoms with Crippen molar-refractivity contribution in [2.24, 2.45) is 0 Å². The van der Waals surface area contributed by atoms with Crippen molar-refractivity contribution in [1.82, 2.24) is 5.32 Å². The Morgan fingerprint density at radius 1 is 1.31 bits per heavy atom. The minimum Gasteiger partial charge on any atom is -0.394 e. The smallest absolute Gasteiger partial charge is 0.109 e. The number of aliphatic hydroxyl groups excluding tert-OH is 4. The molecule has 0 aromatic rings. The predicted octanol–water partition coefficient (Wildman–Crippen LogP) is -2.19. The summed E-state index contributed by atoms with van der Waals surface area (Å²) < 4.78 is 0. The van der Waals surface area contributed by atoms with Gasteiger partial charge >= 0.3 is 0 Å². The molecule has 0 aliphatic carbocycles. The molecular weight excluding hydrogens is 174 g/mol. The first-order chi connectivity index (χ1) is 6.16. The van der Waals surface area contributed by atoms with Crippen molar-refractivity contribution in [3.63, 3.8) is 0 Å². The largest absolute Gasteiger partial charge is 0.394 e. The van der Waals surface area contributed by atoms with Gasteiger partial charge in [0.2, 0.25) is 0 Å². The molecule has 78 valence electrons. The van der Waals surface area contributed by atoms with E-state index in [4.69, 9.17) is 10.2 Å². The Morgan fingerprint density at radius 2 is 2.00 bits per heavy atom. The highest BCUT2D eigenvalue weighted by Gasteiger charge is 2.32. The van der Waals surface area contributed by atoms with Gasteiger partial charge in [0.15, 0.2) is 0 Å². The fraction of sp³-hybridized carbons (Fsp3) is 1.00. The normalized spacial score (nSPS) is 30.0. The average molecular weight is 191 g/mol. The molecule has 1 saturated heterocycles. The van der Waals surface area contributed by atoms with E-state index >= 15 is 0 Å². The first kappa shape index (κ1) is 10.9. The van der Waals surface area contributed by atoms with E-state index in [-0.39, 0.29) is 6.04 Å². The van der Waals surface area contributed by atoms with Crippen molar-refractivity contribution in [3.8, 4) is 0 Å². The maximum atomic E-state index is 9.54. The molecule has 0 spiro atoms. The van der Waals surface area contributed by atoms with Crippen molar-refractivity contribution >= 4 is 0 Å². The van der Waals surface area contributed by atoms with E-state index in [0.717, 1.165) is 19.4 Å². The number of rotatable bonds is 4. The van der Waals surface area contributed by atoms with Gasteiger partial charge in [-0.25, -0.2) is 0 Å². The van der Waals surface area contributed by atoms with E-state index in [0.29, 0.717) is 0 Å². The van der Waals surface area contributed by atoms with Crippen molar-refractivity contribution < 1.29 is 20.4 Å². The molecule has 1 rings (SSSR count). The molecule has 1 heterocycles. The second kappa shape index (κ2) is 4.88. The maximum absolute atomic E-state index is 9.54. The Morgan fingerprint density at radius 3 is 2.46 bits per heavy atom. The molecule has 0 saturated carbocycles. The molecular formula is C8H17NO4. The molecule has 1 aliphatic rings. The zero-order valence-corrected chi connectivity index (χ0v) is 7.43. The topological polar surface area (TPSA) is 93.0 Å². The average Bonchev–Trinajstić information content (AvgIpc) is 2.67. The number of hydrogen-bond acceptors (Lipinski definition) is 5. The van der Waals surface area contributed by atoms with Gasteiger partial charge in [0.05, 0.1) is 12.7 Å². The second-order valence-electron chi connectivity index (χ2n) is 3.43. The van der Waals surface area contributed by atoms with Crippen LogP contribution in [0.25, 0.3) is 0 Å². The fourth-order valence-electron chi connectivity index (χ4n) is 1.58. The zero-order valence-electron chi connectivity index (χ0n) is 7.43. The van der Waals surface area contributed by atoms with Crippen LogP contribution in [-0.2, 0) is 0 Å². The van der Waals surface area contributed by atoms with Gasteiger partial charge in [-0.3, -0.25) is 0 Å². The third-order valence-electron chi connectivity index (χ3n) is 2.44. The van der Waals surface area contributed by atoms with Gasteiger partial charge < -0.3 is 25.7 Å². The molecule has 0 radical (unpaired) electrons. The van der Waals surface area contributed by atoms with E-state index in [2.05, 4.69) is 5.32 Å². The van der Waals surface area contributed by atoms with Gasteiger partial charge in [-0.05, 0) is 19.4 Å². The fourth-order valence-corrected chi connectivity index (χ4v) is 1.58. The molecule has 1 unspecified atom stereocenters. The lowest BCUT2D eigenvalue weighted by atomic mass is 10.0. The van der Waals surface area contributed by atoms with Gasteiger partial charge in [-0.1, -0.05) is 0 Å². The van der Waals surface area contributed by atoms with Crippen molar-refractivity contribution in [3.05, 3.63) is 0 Å². The lowest BCUT2D eigenvalue weighted by Crippen LogP contribution is -2.48. The minimum atomic E-state index is -1.28. The summed E-state index contributed by atoms with van der Waals surface area (Å²) in [4.78, 5) is 0. The van der Waals surface area contributed by atoms with Crippen molar-refractivity contribution in [2.45, 2.75) is 37.2 Å². The predicted molar refractivity (Wildman–Crippen MR) is 46.1 cm³/mol. The summed E-state index contributed by atoms with van der Waals surface area (Å²) in [7, 11) is 0. The first-order valence-corrected chi connectivity index (χ1v) is 4.55. The molecule has 13 heavy (non-hydrogen) atoms. The van der Waals surface area contributed by atoms with Crippen molar-refractivity contribution in [1.29, 1.82) is 0 Å². The lowest BCUT2D eigenvalue weighted by Gasteiger charge is -2.26. The highest BCUT2D eigenvalue weighted by atomic mass is 16.4. The molecule has 5 heteroatoms. The number of hydrogen-bond donors (Lipinski definition) is 5. The molecule has 4 atom stereocenters. The van der Waals surface area contributed by atoms with E-state index in [9.17, 15) is 10.2 Å². The third-order valence-corrected chi connectivity index (χ3v) is 2.44. The van der Waals surface area contributed by atoms with Gasteiger partial charge in [0.25, 0.3) is 0 Å². The van der Waals surface area contributed by atoms with Gasteiger partial charge in [0, 0.05) is 6.04 Å². The van der Waals surface area contributed by atoms with Crippen LogP contribution >= 0.6 is 0 Å². The summed E-state index contributed by atoms with van der Waals surface area (Å²) in [5, 5.41) is 39.5. The number of aliphatic hydroxyl groups is 4. The molecule has 5 N–H and O–H groups in total. The van der Waals surface area contributed by atoms with E-state index in [1.165, 1.54) is 0 Å². The van der Waals surface area contributed by atoms with Crippen LogP contribution in [-0.4, -0.2) is 57.9 Å². The quantitative estimate of drug-likeness (QED) is 0.348. The van der Waals surface area contributed by atoms with Gasteiger partial charge in [-0.2, -0.15) is 0 Å². The SMILES string of the molecule is OC[C@H](O)[C@@H](O)[C@H](O)C1CCCN1. The Labute approximate surface area is 77.0 Å². The Hall–Kier alpha value is -0.200. The van der Waals surface area contributed by atoms with Crippen LogP contribution in [0.2, 0.25) is 0 Å². The van der Waals surface area contributed by atoms with Crippen molar-refractivity contribution in [2.75, 3.05) is 13.2 Å². The van der Waals surface area contributed by atoms with Crippen LogP contribution in [0.1, 0.15) is 12.8 Å². The molecule has 5 nitrogen and oxygen atoms in total. The van der Waals surface area contributed by atoms with Crippen LogP contribution in [0.15, 0.2) is 0 Å². The summed E-state index contributed by atoms with van der Waals surface area (Å²) in [6.45, 7) is 0.286. The highest BCUT2D eigenvalue weighted by Crippen LogP contribution is 2.13. The summed E-state index contributed by atoms with van der Waals surface area (Å²) in [5.74, 6) is 0. The second-order valence-corrected chi connectivity index (χ2v) is 3.43. The Balaban J connectivity index is 2.40. The summed E-state index contributed by atoms with van der Waals surface area (Å²) in [6, 6.07) is -0.170. The minimum absolute atomic E-state index is 0.170.